The molecule has 0 aliphatic carbocycles. The highest BCUT2D eigenvalue weighted by Gasteiger charge is 2.29. The van der Waals surface area contributed by atoms with E-state index in [9.17, 15) is 8.42 Å². The summed E-state index contributed by atoms with van der Waals surface area (Å²) in [5, 5.41) is 3.65. The molecule has 1 fully saturated rings. The maximum atomic E-state index is 12.3. The fourth-order valence-electron chi connectivity index (χ4n) is 2.16. The average Bonchev–Trinajstić information content (AvgIpc) is 2.88. The Kier molecular flexibility index (Phi) is 4.94. The van der Waals surface area contributed by atoms with Crippen LogP contribution in [0.4, 0.5) is 0 Å². The van der Waals surface area contributed by atoms with Crippen molar-refractivity contribution in [1.82, 2.24) is 15.0 Å². The summed E-state index contributed by atoms with van der Waals surface area (Å²) in [6, 6.07) is -0.253. The lowest BCUT2D eigenvalue weighted by Crippen LogP contribution is -2.44. The average molecular weight is 303 g/mol. The van der Waals surface area contributed by atoms with Gasteiger partial charge in [-0.1, -0.05) is 6.92 Å². The molecule has 0 spiro atoms. The van der Waals surface area contributed by atoms with Crippen molar-refractivity contribution in [3.63, 3.8) is 0 Å². The van der Waals surface area contributed by atoms with Gasteiger partial charge in [-0.15, -0.1) is 11.3 Å². The number of aryl methyl sites for hydroxylation is 1. The predicted octanol–water partition coefficient (Wildman–Crippen LogP) is 1.44. The first-order valence-corrected chi connectivity index (χ1v) is 9.05. The highest BCUT2D eigenvalue weighted by Crippen LogP contribution is 2.22. The minimum Gasteiger partial charge on any atom is -0.315 e. The standard InChI is InChI=1S/C12H21N3O2S2/c1-3-10-7-14-12(18-10)9(2)15-19(16,17)11-5-4-6-13-8-11/h7,9,11,13,15H,3-6,8H2,1-2H3. The summed E-state index contributed by atoms with van der Waals surface area (Å²) in [5.74, 6) is 0. The lowest BCUT2D eigenvalue weighted by Gasteiger charge is -2.24. The Balaban J connectivity index is 2.02. The van der Waals surface area contributed by atoms with Gasteiger partial charge in [-0.05, 0) is 32.7 Å². The number of nitrogens with one attached hydrogen (secondary N) is 2. The maximum absolute atomic E-state index is 12.3. The van der Waals surface area contributed by atoms with E-state index in [0.717, 1.165) is 30.8 Å². The Labute approximate surface area is 118 Å². The number of aromatic nitrogens is 1. The van der Waals surface area contributed by atoms with Crippen LogP contribution in [0.1, 0.15) is 42.6 Å². The van der Waals surface area contributed by atoms with Gasteiger partial charge in [-0.25, -0.2) is 18.1 Å². The second-order valence-corrected chi connectivity index (χ2v) is 8.01. The van der Waals surface area contributed by atoms with Crippen molar-refractivity contribution in [3.05, 3.63) is 16.1 Å². The molecule has 0 bridgehead atoms. The molecule has 0 radical (unpaired) electrons. The van der Waals surface area contributed by atoms with Crippen molar-refractivity contribution in [2.75, 3.05) is 13.1 Å². The van der Waals surface area contributed by atoms with E-state index < -0.39 is 10.0 Å². The molecule has 2 unspecified atom stereocenters. The normalized spacial score (nSPS) is 22.3. The number of sulfonamides is 1. The molecule has 2 atom stereocenters. The molecule has 19 heavy (non-hydrogen) atoms. The molecule has 0 aromatic carbocycles. The van der Waals surface area contributed by atoms with Gasteiger partial charge in [0.25, 0.3) is 0 Å². The number of nitrogens with zero attached hydrogens (tertiary/aromatic N) is 1. The van der Waals surface area contributed by atoms with Crippen LogP contribution in [0.5, 0.6) is 0 Å². The lowest BCUT2D eigenvalue weighted by molar-refractivity contribution is 0.485. The second-order valence-electron chi connectivity index (χ2n) is 4.87. The van der Waals surface area contributed by atoms with Crippen LogP contribution in [0.25, 0.3) is 0 Å². The zero-order valence-corrected chi connectivity index (χ0v) is 13.0. The SMILES string of the molecule is CCc1cnc(C(C)NS(=O)(=O)C2CCCNC2)s1. The van der Waals surface area contributed by atoms with Gasteiger partial charge in [0, 0.05) is 17.6 Å². The Morgan fingerprint density at radius 3 is 3.00 bits per heavy atom. The molecule has 2 heterocycles. The molecule has 1 aliphatic heterocycles. The van der Waals surface area contributed by atoms with Crippen LogP contribution in [0.15, 0.2) is 6.20 Å². The van der Waals surface area contributed by atoms with E-state index in [2.05, 4.69) is 21.9 Å². The summed E-state index contributed by atoms with van der Waals surface area (Å²) < 4.78 is 27.3. The van der Waals surface area contributed by atoms with Gasteiger partial charge in [-0.3, -0.25) is 0 Å². The maximum Gasteiger partial charge on any atom is 0.216 e. The Hall–Kier alpha value is -0.500. The molecule has 1 aromatic heterocycles. The summed E-state index contributed by atoms with van der Waals surface area (Å²) in [4.78, 5) is 5.47. The molecule has 5 nitrogen and oxygen atoms in total. The van der Waals surface area contributed by atoms with Crippen LogP contribution in [0, 0.1) is 0 Å². The van der Waals surface area contributed by atoms with Crippen LogP contribution < -0.4 is 10.0 Å². The molecule has 108 valence electrons. The zero-order chi connectivity index (χ0) is 13.9. The number of hydrogen-bond donors (Lipinski definition) is 2. The van der Waals surface area contributed by atoms with Crippen molar-refractivity contribution in [2.45, 2.75) is 44.4 Å². The van der Waals surface area contributed by atoms with Crippen molar-refractivity contribution in [3.8, 4) is 0 Å². The minimum atomic E-state index is -3.27. The van der Waals surface area contributed by atoms with Crippen LogP contribution in [0.2, 0.25) is 0 Å². The van der Waals surface area contributed by atoms with Crippen LogP contribution in [-0.4, -0.2) is 31.7 Å². The van der Waals surface area contributed by atoms with E-state index in [1.807, 2.05) is 13.1 Å². The summed E-state index contributed by atoms with van der Waals surface area (Å²) in [6.07, 6.45) is 4.40. The van der Waals surface area contributed by atoms with E-state index >= 15 is 0 Å². The Morgan fingerprint density at radius 2 is 2.42 bits per heavy atom. The molecule has 0 saturated carbocycles. The molecule has 0 amide bonds. The molecular formula is C12H21N3O2S2. The van der Waals surface area contributed by atoms with Gasteiger partial charge in [0.1, 0.15) is 5.01 Å². The van der Waals surface area contributed by atoms with Gasteiger partial charge in [0.15, 0.2) is 0 Å². The molecule has 2 N–H and O–H groups in total. The third-order valence-corrected chi connectivity index (χ3v) is 6.61. The summed E-state index contributed by atoms with van der Waals surface area (Å²) in [5.41, 5.74) is 0. The monoisotopic (exact) mass is 303 g/mol. The van der Waals surface area contributed by atoms with Gasteiger partial charge >= 0.3 is 0 Å². The van der Waals surface area contributed by atoms with E-state index in [1.54, 1.807) is 11.3 Å². The molecule has 7 heteroatoms. The third kappa shape index (κ3) is 3.75. The molecule has 1 aromatic rings. The fourth-order valence-corrected chi connectivity index (χ4v) is 4.71. The van der Waals surface area contributed by atoms with Crippen molar-refractivity contribution < 1.29 is 8.42 Å². The van der Waals surface area contributed by atoms with E-state index in [4.69, 9.17) is 0 Å². The van der Waals surface area contributed by atoms with E-state index in [0.29, 0.717) is 6.54 Å². The highest BCUT2D eigenvalue weighted by atomic mass is 32.2. The van der Waals surface area contributed by atoms with Crippen molar-refractivity contribution >= 4 is 21.4 Å². The first kappa shape index (κ1) is 14.9. The van der Waals surface area contributed by atoms with E-state index in [-0.39, 0.29) is 11.3 Å². The first-order valence-electron chi connectivity index (χ1n) is 6.69. The van der Waals surface area contributed by atoms with Crippen molar-refractivity contribution in [2.24, 2.45) is 0 Å². The molecule has 1 aliphatic rings. The van der Waals surface area contributed by atoms with Crippen LogP contribution in [-0.2, 0) is 16.4 Å². The minimum absolute atomic E-state index is 0.253. The molecular weight excluding hydrogens is 282 g/mol. The fraction of sp³-hybridized carbons (Fsp3) is 0.750. The van der Waals surface area contributed by atoms with Gasteiger partial charge in [0.2, 0.25) is 10.0 Å². The van der Waals surface area contributed by atoms with E-state index in [1.165, 1.54) is 4.88 Å². The Morgan fingerprint density at radius 1 is 1.63 bits per heavy atom. The van der Waals surface area contributed by atoms with Crippen molar-refractivity contribution in [1.29, 1.82) is 0 Å². The lowest BCUT2D eigenvalue weighted by atomic mass is 10.2. The first-order chi connectivity index (χ1) is 9.03. The highest BCUT2D eigenvalue weighted by molar-refractivity contribution is 7.90. The summed E-state index contributed by atoms with van der Waals surface area (Å²) >= 11 is 1.57. The van der Waals surface area contributed by atoms with Gasteiger partial charge < -0.3 is 5.32 Å². The van der Waals surface area contributed by atoms with Crippen LogP contribution >= 0.6 is 11.3 Å². The predicted molar refractivity (Wildman–Crippen MR) is 77.9 cm³/mol. The molecule has 2 rings (SSSR count). The van der Waals surface area contributed by atoms with Gasteiger partial charge in [-0.2, -0.15) is 0 Å². The molecule has 1 saturated heterocycles. The topological polar surface area (TPSA) is 71.1 Å². The smallest absolute Gasteiger partial charge is 0.216 e. The number of hydrogen-bond acceptors (Lipinski definition) is 5. The number of thiazole rings is 1. The van der Waals surface area contributed by atoms with Gasteiger partial charge in [0.05, 0.1) is 11.3 Å². The summed E-state index contributed by atoms with van der Waals surface area (Å²) in [7, 11) is -3.27. The quantitative estimate of drug-likeness (QED) is 0.863. The number of piperidine rings is 1. The second kappa shape index (κ2) is 6.30. The Bertz CT molecular complexity index is 507. The largest absolute Gasteiger partial charge is 0.315 e. The number of rotatable bonds is 5. The third-order valence-electron chi connectivity index (χ3n) is 3.32. The van der Waals surface area contributed by atoms with Crippen LogP contribution in [0.3, 0.4) is 0 Å². The zero-order valence-electron chi connectivity index (χ0n) is 11.3. The summed E-state index contributed by atoms with van der Waals surface area (Å²) in [6.45, 7) is 5.37.